The third-order valence-electron chi connectivity index (χ3n) is 4.40. The van der Waals surface area contributed by atoms with Crippen molar-refractivity contribution in [2.45, 2.75) is 83.3 Å². The standard InChI is InChI=1S/C17H30N2OS/c1-5-10-18-13-6-8-17(20,9-7-13)11-15-19-14(12-21-15)16(2,3)4/h12-13,18,20H,5-11H2,1-4H3. The van der Waals surface area contributed by atoms with Crippen LogP contribution in [0, 0.1) is 0 Å². The van der Waals surface area contributed by atoms with Crippen molar-refractivity contribution in [2.75, 3.05) is 6.54 Å². The van der Waals surface area contributed by atoms with Gasteiger partial charge in [-0.25, -0.2) is 4.98 Å². The van der Waals surface area contributed by atoms with Gasteiger partial charge in [-0.2, -0.15) is 0 Å². The molecule has 21 heavy (non-hydrogen) atoms. The Balaban J connectivity index is 1.89. The van der Waals surface area contributed by atoms with Crippen LogP contribution < -0.4 is 5.32 Å². The first-order valence-corrected chi connectivity index (χ1v) is 9.11. The number of aromatic nitrogens is 1. The summed E-state index contributed by atoms with van der Waals surface area (Å²) in [7, 11) is 0. The largest absolute Gasteiger partial charge is 0.389 e. The molecule has 3 nitrogen and oxygen atoms in total. The van der Waals surface area contributed by atoms with Gasteiger partial charge in [0.15, 0.2) is 0 Å². The highest BCUT2D eigenvalue weighted by Crippen LogP contribution is 2.33. The van der Waals surface area contributed by atoms with Gasteiger partial charge >= 0.3 is 0 Å². The van der Waals surface area contributed by atoms with E-state index in [1.165, 1.54) is 6.42 Å². The molecule has 0 spiro atoms. The molecule has 0 aromatic carbocycles. The number of nitrogens with zero attached hydrogens (tertiary/aromatic N) is 1. The molecule has 0 amide bonds. The lowest BCUT2D eigenvalue weighted by atomic mass is 9.80. The highest BCUT2D eigenvalue weighted by Gasteiger charge is 2.34. The van der Waals surface area contributed by atoms with Gasteiger partial charge in [-0.1, -0.05) is 27.7 Å². The molecule has 120 valence electrons. The third kappa shape index (κ3) is 4.76. The summed E-state index contributed by atoms with van der Waals surface area (Å²) in [6, 6.07) is 0.589. The predicted octanol–water partition coefficient (Wildman–Crippen LogP) is 3.66. The molecule has 0 bridgehead atoms. The lowest BCUT2D eigenvalue weighted by molar-refractivity contribution is -0.00314. The van der Waals surface area contributed by atoms with Crippen LogP contribution in [-0.4, -0.2) is 28.3 Å². The highest BCUT2D eigenvalue weighted by molar-refractivity contribution is 7.09. The molecule has 1 aliphatic carbocycles. The Morgan fingerprint density at radius 2 is 2.05 bits per heavy atom. The van der Waals surface area contributed by atoms with Crippen molar-refractivity contribution >= 4 is 11.3 Å². The van der Waals surface area contributed by atoms with E-state index < -0.39 is 5.60 Å². The maximum Gasteiger partial charge on any atom is 0.0957 e. The Morgan fingerprint density at radius 1 is 1.38 bits per heavy atom. The summed E-state index contributed by atoms with van der Waals surface area (Å²) in [5.41, 5.74) is 0.695. The van der Waals surface area contributed by atoms with Crippen LogP contribution in [0.25, 0.3) is 0 Å². The highest BCUT2D eigenvalue weighted by atomic mass is 32.1. The van der Waals surface area contributed by atoms with Gasteiger partial charge in [0.2, 0.25) is 0 Å². The topological polar surface area (TPSA) is 45.1 Å². The summed E-state index contributed by atoms with van der Waals surface area (Å²) in [4.78, 5) is 4.73. The average Bonchev–Trinajstić information content (AvgIpc) is 2.86. The fraction of sp³-hybridized carbons (Fsp3) is 0.824. The van der Waals surface area contributed by atoms with Gasteiger partial charge in [0, 0.05) is 23.3 Å². The fourth-order valence-corrected chi connectivity index (χ4v) is 4.06. The first-order valence-electron chi connectivity index (χ1n) is 8.23. The number of aliphatic hydroxyl groups is 1. The van der Waals surface area contributed by atoms with Crippen molar-refractivity contribution in [1.82, 2.24) is 10.3 Å². The van der Waals surface area contributed by atoms with E-state index in [1.54, 1.807) is 11.3 Å². The summed E-state index contributed by atoms with van der Waals surface area (Å²) < 4.78 is 0. The van der Waals surface area contributed by atoms with Crippen molar-refractivity contribution in [1.29, 1.82) is 0 Å². The van der Waals surface area contributed by atoms with Gasteiger partial charge < -0.3 is 10.4 Å². The molecule has 1 fully saturated rings. The molecule has 1 aromatic heterocycles. The van der Waals surface area contributed by atoms with Gasteiger partial charge in [-0.3, -0.25) is 0 Å². The number of hydrogen-bond acceptors (Lipinski definition) is 4. The Hall–Kier alpha value is -0.450. The van der Waals surface area contributed by atoms with Crippen LogP contribution in [0.4, 0.5) is 0 Å². The Labute approximate surface area is 133 Å². The second kappa shape index (κ2) is 6.76. The Morgan fingerprint density at radius 3 is 2.57 bits per heavy atom. The molecule has 0 unspecified atom stereocenters. The van der Waals surface area contributed by atoms with E-state index in [2.05, 4.69) is 38.4 Å². The van der Waals surface area contributed by atoms with Crippen molar-refractivity contribution in [3.8, 4) is 0 Å². The summed E-state index contributed by atoms with van der Waals surface area (Å²) >= 11 is 1.70. The van der Waals surface area contributed by atoms with E-state index in [4.69, 9.17) is 4.98 Å². The zero-order chi connectivity index (χ0) is 15.5. The SMILES string of the molecule is CCCNC1CCC(O)(Cc2nc(C(C)(C)C)cs2)CC1. The van der Waals surface area contributed by atoms with Crippen LogP contribution in [0.2, 0.25) is 0 Å². The maximum atomic E-state index is 10.8. The molecule has 1 aliphatic rings. The van der Waals surface area contributed by atoms with Crippen LogP contribution in [0.1, 0.15) is 70.5 Å². The lowest BCUT2D eigenvalue weighted by Gasteiger charge is -2.36. The number of nitrogens with one attached hydrogen (secondary N) is 1. The van der Waals surface area contributed by atoms with Gasteiger partial charge in [-0.05, 0) is 38.6 Å². The van der Waals surface area contributed by atoms with Crippen molar-refractivity contribution in [2.24, 2.45) is 0 Å². The Kier molecular flexibility index (Phi) is 5.44. The summed E-state index contributed by atoms with van der Waals surface area (Å²) in [5.74, 6) is 0. The lowest BCUT2D eigenvalue weighted by Crippen LogP contribution is -2.42. The third-order valence-corrected chi connectivity index (χ3v) is 5.25. The normalized spacial score (nSPS) is 27.0. The monoisotopic (exact) mass is 310 g/mol. The van der Waals surface area contributed by atoms with Crippen LogP contribution in [-0.2, 0) is 11.8 Å². The first kappa shape index (κ1) is 16.9. The van der Waals surface area contributed by atoms with Gasteiger partial charge in [0.1, 0.15) is 0 Å². The average molecular weight is 311 g/mol. The molecule has 0 radical (unpaired) electrons. The molecule has 0 aliphatic heterocycles. The minimum atomic E-state index is -0.544. The van der Waals surface area contributed by atoms with Gasteiger partial charge in [-0.15, -0.1) is 11.3 Å². The molecule has 1 saturated carbocycles. The molecular weight excluding hydrogens is 280 g/mol. The van der Waals surface area contributed by atoms with E-state index in [9.17, 15) is 5.11 Å². The molecule has 2 rings (SSSR count). The molecule has 0 saturated heterocycles. The molecule has 1 heterocycles. The van der Waals surface area contributed by atoms with Crippen LogP contribution in [0.3, 0.4) is 0 Å². The minimum absolute atomic E-state index is 0.0963. The minimum Gasteiger partial charge on any atom is -0.389 e. The van der Waals surface area contributed by atoms with Crippen molar-refractivity contribution < 1.29 is 5.11 Å². The smallest absolute Gasteiger partial charge is 0.0957 e. The van der Waals surface area contributed by atoms with Crippen molar-refractivity contribution in [3.63, 3.8) is 0 Å². The number of hydrogen-bond donors (Lipinski definition) is 2. The van der Waals surface area contributed by atoms with Crippen molar-refractivity contribution in [3.05, 3.63) is 16.1 Å². The summed E-state index contributed by atoms with van der Waals surface area (Å²) in [6.07, 6.45) is 5.82. The zero-order valence-electron chi connectivity index (χ0n) is 13.9. The summed E-state index contributed by atoms with van der Waals surface area (Å²) in [5, 5.41) is 17.6. The zero-order valence-corrected chi connectivity index (χ0v) is 14.7. The maximum absolute atomic E-state index is 10.8. The van der Waals surface area contributed by atoms with Crippen LogP contribution in [0.5, 0.6) is 0 Å². The molecule has 4 heteroatoms. The number of thiazole rings is 1. The first-order chi connectivity index (χ1) is 9.82. The molecule has 1 aromatic rings. The van der Waals surface area contributed by atoms with Gasteiger partial charge in [0.05, 0.1) is 16.3 Å². The number of rotatable bonds is 5. The molecular formula is C17H30N2OS. The van der Waals surface area contributed by atoms with Gasteiger partial charge in [0.25, 0.3) is 0 Å². The fourth-order valence-electron chi connectivity index (χ4n) is 2.90. The van der Waals surface area contributed by atoms with Crippen LogP contribution >= 0.6 is 11.3 Å². The molecule has 0 atom stereocenters. The molecule has 2 N–H and O–H groups in total. The second-order valence-electron chi connectivity index (χ2n) is 7.51. The van der Waals surface area contributed by atoms with Crippen LogP contribution in [0.15, 0.2) is 5.38 Å². The van der Waals surface area contributed by atoms with E-state index in [1.807, 2.05) is 0 Å². The van der Waals surface area contributed by atoms with E-state index in [0.717, 1.165) is 42.9 Å². The van der Waals surface area contributed by atoms with E-state index in [0.29, 0.717) is 12.5 Å². The quantitative estimate of drug-likeness (QED) is 0.872. The predicted molar refractivity (Wildman–Crippen MR) is 90.0 cm³/mol. The second-order valence-corrected chi connectivity index (χ2v) is 8.45. The van der Waals surface area contributed by atoms with E-state index in [-0.39, 0.29) is 5.41 Å². The Bertz CT molecular complexity index is 442. The van der Waals surface area contributed by atoms with E-state index >= 15 is 0 Å². The summed E-state index contributed by atoms with van der Waals surface area (Å²) in [6.45, 7) is 9.84.